The summed E-state index contributed by atoms with van der Waals surface area (Å²) in [5, 5.41) is 0. The minimum absolute atomic E-state index is 0.239. The highest BCUT2D eigenvalue weighted by atomic mass is 19.1. The molecule has 2 nitrogen and oxygen atoms in total. The Hall–Kier alpha value is -0.960. The molecule has 1 fully saturated rings. The quantitative estimate of drug-likeness (QED) is 0.799. The van der Waals surface area contributed by atoms with Crippen LogP contribution in [0.15, 0.2) is 18.5 Å². The van der Waals surface area contributed by atoms with E-state index in [1.807, 2.05) is 0 Å². The zero-order chi connectivity index (χ0) is 13.2. The second-order valence-electron chi connectivity index (χ2n) is 6.43. The topological polar surface area (TPSA) is 16.1 Å². The number of aromatic nitrogens is 1. The Morgan fingerprint density at radius 2 is 1.94 bits per heavy atom. The van der Waals surface area contributed by atoms with E-state index in [1.165, 1.54) is 19.0 Å². The predicted molar refractivity (Wildman–Crippen MR) is 71.7 cm³/mol. The van der Waals surface area contributed by atoms with Gasteiger partial charge in [0.05, 0.1) is 6.20 Å². The molecule has 0 amide bonds. The van der Waals surface area contributed by atoms with E-state index in [1.54, 1.807) is 12.3 Å². The molecule has 1 aliphatic rings. The summed E-state index contributed by atoms with van der Waals surface area (Å²) in [5.74, 6) is 0.566. The Kier molecular flexibility index (Phi) is 4.00. The van der Waals surface area contributed by atoms with Gasteiger partial charge in [-0.2, -0.15) is 0 Å². The molecule has 0 aliphatic carbocycles. The van der Waals surface area contributed by atoms with Crippen LogP contribution in [0.1, 0.15) is 39.2 Å². The average molecular weight is 250 g/mol. The van der Waals surface area contributed by atoms with Crippen molar-refractivity contribution < 1.29 is 4.39 Å². The predicted octanol–water partition coefficient (Wildman–Crippen LogP) is 3.48. The lowest BCUT2D eigenvalue weighted by molar-refractivity contribution is 0.108. The maximum absolute atomic E-state index is 13.1. The summed E-state index contributed by atoms with van der Waals surface area (Å²) < 4.78 is 13.1. The number of pyridine rings is 1. The lowest BCUT2D eigenvalue weighted by Gasteiger charge is -2.38. The zero-order valence-corrected chi connectivity index (χ0v) is 11.6. The molecular formula is C15H23FN2. The molecule has 0 aromatic carbocycles. The molecule has 18 heavy (non-hydrogen) atoms. The van der Waals surface area contributed by atoms with Crippen LogP contribution in [0.4, 0.5) is 4.39 Å². The molecule has 0 saturated carbocycles. The molecule has 1 saturated heterocycles. The SMILES string of the molecule is CC(C)(C)C1CCN(Cc2cncc(F)c2)CC1. The number of hydrogen-bond donors (Lipinski definition) is 0. The second kappa shape index (κ2) is 5.35. The molecule has 0 unspecified atom stereocenters. The van der Waals surface area contributed by atoms with Crippen molar-refractivity contribution in [2.45, 2.75) is 40.2 Å². The minimum atomic E-state index is -0.239. The fourth-order valence-corrected chi connectivity index (χ4v) is 2.76. The number of hydrogen-bond acceptors (Lipinski definition) is 2. The lowest BCUT2D eigenvalue weighted by Crippen LogP contribution is -2.37. The first kappa shape index (κ1) is 13.5. The van der Waals surface area contributed by atoms with Gasteiger partial charge in [0, 0.05) is 12.7 Å². The van der Waals surface area contributed by atoms with Gasteiger partial charge in [-0.05, 0) is 48.9 Å². The normalized spacial score (nSPS) is 19.1. The van der Waals surface area contributed by atoms with E-state index in [-0.39, 0.29) is 5.82 Å². The number of halogens is 1. The van der Waals surface area contributed by atoms with Crippen LogP contribution in [0.3, 0.4) is 0 Å². The summed E-state index contributed by atoms with van der Waals surface area (Å²) in [4.78, 5) is 6.30. The van der Waals surface area contributed by atoms with Crippen molar-refractivity contribution in [1.29, 1.82) is 0 Å². The minimum Gasteiger partial charge on any atom is -0.299 e. The third kappa shape index (κ3) is 3.52. The smallest absolute Gasteiger partial charge is 0.141 e. The van der Waals surface area contributed by atoms with Crippen LogP contribution in [0.5, 0.6) is 0 Å². The zero-order valence-electron chi connectivity index (χ0n) is 11.6. The first-order valence-electron chi connectivity index (χ1n) is 6.77. The maximum Gasteiger partial charge on any atom is 0.141 e. The maximum atomic E-state index is 13.1. The van der Waals surface area contributed by atoms with E-state index in [9.17, 15) is 4.39 Å². The molecule has 3 heteroatoms. The summed E-state index contributed by atoms with van der Waals surface area (Å²) in [6, 6.07) is 1.59. The molecule has 0 bridgehead atoms. The highest BCUT2D eigenvalue weighted by Crippen LogP contribution is 2.34. The van der Waals surface area contributed by atoms with Crippen molar-refractivity contribution in [2.24, 2.45) is 11.3 Å². The molecule has 0 radical (unpaired) electrons. The van der Waals surface area contributed by atoms with Gasteiger partial charge in [0.15, 0.2) is 0 Å². The Labute approximate surface area is 109 Å². The van der Waals surface area contributed by atoms with Crippen molar-refractivity contribution in [2.75, 3.05) is 13.1 Å². The van der Waals surface area contributed by atoms with Crippen LogP contribution >= 0.6 is 0 Å². The first-order valence-corrected chi connectivity index (χ1v) is 6.77. The van der Waals surface area contributed by atoms with Gasteiger partial charge in [-0.25, -0.2) is 4.39 Å². The molecule has 1 aromatic rings. The molecule has 1 aliphatic heterocycles. The van der Waals surface area contributed by atoms with Crippen molar-refractivity contribution in [3.8, 4) is 0 Å². The van der Waals surface area contributed by atoms with Crippen molar-refractivity contribution in [1.82, 2.24) is 9.88 Å². The van der Waals surface area contributed by atoms with E-state index in [4.69, 9.17) is 0 Å². The third-order valence-electron chi connectivity index (χ3n) is 3.98. The van der Waals surface area contributed by atoms with Crippen LogP contribution in [0, 0.1) is 17.2 Å². The Balaban J connectivity index is 1.87. The molecule has 0 atom stereocenters. The Bertz CT molecular complexity index is 390. The Morgan fingerprint density at radius 1 is 1.28 bits per heavy atom. The fourth-order valence-electron chi connectivity index (χ4n) is 2.76. The molecule has 100 valence electrons. The summed E-state index contributed by atoms with van der Waals surface area (Å²) in [6.45, 7) is 10.0. The van der Waals surface area contributed by atoms with Gasteiger partial charge in [-0.3, -0.25) is 9.88 Å². The van der Waals surface area contributed by atoms with Crippen LogP contribution in [0.2, 0.25) is 0 Å². The molecule has 2 rings (SSSR count). The van der Waals surface area contributed by atoms with E-state index in [0.29, 0.717) is 5.41 Å². The van der Waals surface area contributed by atoms with E-state index in [2.05, 4.69) is 30.7 Å². The Morgan fingerprint density at radius 3 is 2.50 bits per heavy atom. The van der Waals surface area contributed by atoms with Crippen LogP contribution < -0.4 is 0 Å². The summed E-state index contributed by atoms with van der Waals surface area (Å²) in [5.41, 5.74) is 1.39. The van der Waals surface area contributed by atoms with Crippen molar-refractivity contribution >= 4 is 0 Å². The van der Waals surface area contributed by atoms with E-state index >= 15 is 0 Å². The number of piperidine rings is 1. The van der Waals surface area contributed by atoms with Gasteiger partial charge < -0.3 is 0 Å². The first-order chi connectivity index (χ1) is 8.45. The summed E-state index contributed by atoms with van der Waals surface area (Å²) in [7, 11) is 0. The average Bonchev–Trinajstić information content (AvgIpc) is 2.28. The van der Waals surface area contributed by atoms with Gasteiger partial charge in [-0.15, -0.1) is 0 Å². The van der Waals surface area contributed by atoms with Crippen molar-refractivity contribution in [3.05, 3.63) is 29.8 Å². The van der Waals surface area contributed by atoms with Crippen LogP contribution in [0.25, 0.3) is 0 Å². The van der Waals surface area contributed by atoms with E-state index < -0.39 is 0 Å². The number of rotatable bonds is 2. The molecule has 2 heterocycles. The van der Waals surface area contributed by atoms with Gasteiger partial charge >= 0.3 is 0 Å². The molecule has 0 N–H and O–H groups in total. The highest BCUT2D eigenvalue weighted by molar-refractivity contribution is 5.10. The largest absolute Gasteiger partial charge is 0.299 e. The van der Waals surface area contributed by atoms with Gasteiger partial charge in [0.2, 0.25) is 0 Å². The standard InChI is InChI=1S/C15H23FN2/c1-15(2,3)13-4-6-18(7-5-13)11-12-8-14(16)10-17-9-12/h8-10,13H,4-7,11H2,1-3H3. The van der Waals surface area contributed by atoms with Crippen LogP contribution in [-0.4, -0.2) is 23.0 Å². The van der Waals surface area contributed by atoms with Gasteiger partial charge in [0.1, 0.15) is 5.82 Å². The number of likely N-dealkylation sites (tertiary alicyclic amines) is 1. The third-order valence-corrected chi connectivity index (χ3v) is 3.98. The summed E-state index contributed by atoms with van der Waals surface area (Å²) >= 11 is 0. The lowest BCUT2D eigenvalue weighted by atomic mass is 9.75. The van der Waals surface area contributed by atoms with Gasteiger partial charge in [-0.1, -0.05) is 20.8 Å². The molecular weight excluding hydrogens is 227 g/mol. The highest BCUT2D eigenvalue weighted by Gasteiger charge is 2.28. The molecule has 1 aromatic heterocycles. The van der Waals surface area contributed by atoms with E-state index in [0.717, 1.165) is 31.1 Å². The monoisotopic (exact) mass is 250 g/mol. The summed E-state index contributed by atoms with van der Waals surface area (Å²) in [6.07, 6.45) is 5.51. The van der Waals surface area contributed by atoms with Crippen molar-refractivity contribution in [3.63, 3.8) is 0 Å². The fraction of sp³-hybridized carbons (Fsp3) is 0.667. The number of nitrogens with zero attached hydrogens (tertiary/aromatic N) is 2. The van der Waals surface area contributed by atoms with Crippen LogP contribution in [-0.2, 0) is 6.54 Å². The molecule has 0 spiro atoms. The van der Waals surface area contributed by atoms with Gasteiger partial charge in [0.25, 0.3) is 0 Å². The second-order valence-corrected chi connectivity index (χ2v) is 6.43.